The Morgan fingerprint density at radius 1 is 1.17 bits per heavy atom. The molecule has 3 aromatic rings. The van der Waals surface area contributed by atoms with E-state index >= 15 is 0 Å². The van der Waals surface area contributed by atoms with E-state index in [2.05, 4.69) is 37.3 Å². The Morgan fingerprint density at radius 3 is 2.69 bits per heavy atom. The Morgan fingerprint density at radius 2 is 1.97 bits per heavy atom. The lowest BCUT2D eigenvalue weighted by molar-refractivity contribution is -0.0860. The number of methoxy groups -OCH3 is 2. The van der Waals surface area contributed by atoms with Crippen LogP contribution in [0.15, 0.2) is 48.8 Å². The topological polar surface area (TPSA) is 98.7 Å². The van der Waals surface area contributed by atoms with Crippen molar-refractivity contribution in [2.75, 3.05) is 41.0 Å². The van der Waals surface area contributed by atoms with Crippen LogP contribution >= 0.6 is 11.6 Å². The van der Waals surface area contributed by atoms with Crippen LogP contribution in [0.3, 0.4) is 0 Å². The van der Waals surface area contributed by atoms with Crippen molar-refractivity contribution in [2.24, 2.45) is 0 Å². The number of pyridine rings is 1. The normalized spacial score (nSPS) is 18.3. The molecule has 10 heteroatoms. The van der Waals surface area contributed by atoms with Gasteiger partial charge in [-0.3, -0.25) is 9.69 Å². The summed E-state index contributed by atoms with van der Waals surface area (Å²) in [6.45, 7) is 2.46. The molecule has 1 fully saturated rings. The lowest BCUT2D eigenvalue weighted by Crippen LogP contribution is -2.48. The summed E-state index contributed by atoms with van der Waals surface area (Å²) in [6.07, 6.45) is 1.12. The summed E-state index contributed by atoms with van der Waals surface area (Å²) < 4.78 is 17.0. The minimum absolute atomic E-state index is 0.118. The molecule has 4 rings (SSSR count). The van der Waals surface area contributed by atoms with Crippen molar-refractivity contribution in [3.05, 3.63) is 70.8 Å². The van der Waals surface area contributed by atoms with E-state index in [1.807, 2.05) is 18.2 Å². The van der Waals surface area contributed by atoms with Gasteiger partial charge in [0, 0.05) is 27.2 Å². The maximum absolute atomic E-state index is 12.0. The Balaban J connectivity index is 1.58. The molecule has 0 radical (unpaired) electrons. The number of ether oxygens (including phenoxy) is 3. The van der Waals surface area contributed by atoms with Gasteiger partial charge in [-0.2, -0.15) is 0 Å². The quantitative estimate of drug-likeness (QED) is 0.474. The fourth-order valence-corrected chi connectivity index (χ4v) is 4.25. The van der Waals surface area contributed by atoms with E-state index in [9.17, 15) is 4.79 Å². The highest BCUT2D eigenvalue weighted by molar-refractivity contribution is 6.29. The van der Waals surface area contributed by atoms with Gasteiger partial charge in [-0.15, -0.1) is 0 Å². The Kier molecular flexibility index (Phi) is 8.25. The van der Waals surface area contributed by atoms with E-state index in [-0.39, 0.29) is 23.7 Å². The van der Waals surface area contributed by atoms with Crippen LogP contribution in [0.2, 0.25) is 5.15 Å². The summed E-state index contributed by atoms with van der Waals surface area (Å²) in [4.78, 5) is 27.1. The lowest BCUT2D eigenvalue weighted by Gasteiger charge is -2.39. The fraction of sp³-hybridized carbons (Fsp3) is 0.360. The number of aromatic nitrogens is 3. The van der Waals surface area contributed by atoms with Crippen LogP contribution in [-0.4, -0.2) is 72.8 Å². The van der Waals surface area contributed by atoms with Gasteiger partial charge in [-0.25, -0.2) is 15.0 Å². The second-order valence-corrected chi connectivity index (χ2v) is 8.57. The largest absolute Gasteiger partial charge is 0.497 e. The summed E-state index contributed by atoms with van der Waals surface area (Å²) >= 11 is 6.39. The molecule has 1 aromatic carbocycles. The number of carbonyl (C=O) groups excluding carboxylic acids is 1. The van der Waals surface area contributed by atoms with Crippen LogP contribution in [0.25, 0.3) is 11.4 Å². The standard InChI is InChI=1S/C25H28ClN5O4/c1-27-25(32)22-10-20(28-15-29-22)21-8-17(9-24(26)30-21)23-12-31(18(13-33-2)14-35-23)11-16-4-6-19(34-3)7-5-16/h4-10,15,18,23H,11-14H2,1-3H3,(H,27,32)/t18-,23-/m0/s1. The van der Waals surface area contributed by atoms with Crippen LogP contribution in [0.1, 0.15) is 27.7 Å². The van der Waals surface area contributed by atoms with E-state index in [1.54, 1.807) is 33.4 Å². The maximum Gasteiger partial charge on any atom is 0.269 e. The molecule has 0 aliphatic carbocycles. The highest BCUT2D eigenvalue weighted by Gasteiger charge is 2.30. The summed E-state index contributed by atoms with van der Waals surface area (Å²) in [5.74, 6) is 0.523. The highest BCUT2D eigenvalue weighted by Crippen LogP contribution is 2.30. The molecule has 9 nitrogen and oxygen atoms in total. The third kappa shape index (κ3) is 6.12. The van der Waals surface area contributed by atoms with Crippen molar-refractivity contribution < 1.29 is 19.0 Å². The van der Waals surface area contributed by atoms with Crippen molar-refractivity contribution in [1.82, 2.24) is 25.2 Å². The van der Waals surface area contributed by atoms with Gasteiger partial charge in [0.1, 0.15) is 22.9 Å². The monoisotopic (exact) mass is 497 g/mol. The van der Waals surface area contributed by atoms with Gasteiger partial charge >= 0.3 is 0 Å². The minimum atomic E-state index is -0.301. The number of nitrogens with zero attached hydrogens (tertiary/aromatic N) is 4. The third-order valence-corrected chi connectivity index (χ3v) is 6.08. The minimum Gasteiger partial charge on any atom is -0.497 e. The Bertz CT molecular complexity index is 1160. The summed E-state index contributed by atoms with van der Waals surface area (Å²) in [5.41, 5.74) is 3.36. The zero-order valence-electron chi connectivity index (χ0n) is 19.9. The molecule has 0 saturated carbocycles. The average Bonchev–Trinajstić information content (AvgIpc) is 2.89. The first-order chi connectivity index (χ1) is 17.0. The Labute approximate surface area is 209 Å². The van der Waals surface area contributed by atoms with Crippen LogP contribution in [0, 0.1) is 0 Å². The molecule has 1 aliphatic heterocycles. The second-order valence-electron chi connectivity index (χ2n) is 8.18. The van der Waals surface area contributed by atoms with Gasteiger partial charge in [0.05, 0.1) is 43.9 Å². The molecule has 1 saturated heterocycles. The first kappa shape index (κ1) is 25.0. The maximum atomic E-state index is 12.0. The SMILES string of the molecule is CNC(=O)c1cc(-c2cc([C@@H]3CN(Cc4ccc(OC)cc4)[C@@H](COC)CO3)cc(Cl)n2)ncn1. The predicted octanol–water partition coefficient (Wildman–Crippen LogP) is 3.15. The van der Waals surface area contributed by atoms with E-state index in [0.717, 1.165) is 17.9 Å². The van der Waals surface area contributed by atoms with Gasteiger partial charge in [0.2, 0.25) is 0 Å². The zero-order valence-corrected chi connectivity index (χ0v) is 20.7. The van der Waals surface area contributed by atoms with Gasteiger partial charge in [0.25, 0.3) is 5.91 Å². The van der Waals surface area contributed by atoms with Crippen LogP contribution in [0.4, 0.5) is 0 Å². The van der Waals surface area contributed by atoms with Crippen LogP contribution < -0.4 is 10.1 Å². The first-order valence-electron chi connectivity index (χ1n) is 11.2. The highest BCUT2D eigenvalue weighted by atomic mass is 35.5. The van der Waals surface area contributed by atoms with Gasteiger partial charge in [-0.1, -0.05) is 23.7 Å². The molecule has 0 unspecified atom stereocenters. The molecule has 1 N–H and O–H groups in total. The van der Waals surface area contributed by atoms with E-state index in [0.29, 0.717) is 36.3 Å². The summed E-state index contributed by atoms with van der Waals surface area (Å²) in [6, 6.07) is 13.5. The lowest BCUT2D eigenvalue weighted by atomic mass is 10.0. The van der Waals surface area contributed by atoms with Gasteiger partial charge in [0.15, 0.2) is 0 Å². The molecule has 1 amide bonds. The smallest absolute Gasteiger partial charge is 0.269 e. The van der Waals surface area contributed by atoms with Crippen molar-refractivity contribution in [3.8, 4) is 17.1 Å². The second kappa shape index (κ2) is 11.5. The van der Waals surface area contributed by atoms with E-state index in [1.165, 1.54) is 11.9 Å². The third-order valence-electron chi connectivity index (χ3n) is 5.89. The van der Waals surface area contributed by atoms with Crippen molar-refractivity contribution in [3.63, 3.8) is 0 Å². The number of nitrogens with one attached hydrogen (secondary N) is 1. The van der Waals surface area contributed by atoms with Gasteiger partial charge in [-0.05, 0) is 41.5 Å². The number of benzene rings is 1. The van der Waals surface area contributed by atoms with E-state index < -0.39 is 0 Å². The summed E-state index contributed by atoms with van der Waals surface area (Å²) in [7, 11) is 4.90. The molecule has 184 valence electrons. The first-order valence-corrected chi connectivity index (χ1v) is 11.6. The van der Waals surface area contributed by atoms with Crippen molar-refractivity contribution in [1.29, 1.82) is 0 Å². The number of halogens is 1. The van der Waals surface area contributed by atoms with Crippen molar-refractivity contribution in [2.45, 2.75) is 18.7 Å². The molecular weight excluding hydrogens is 470 g/mol. The van der Waals surface area contributed by atoms with Crippen molar-refractivity contribution >= 4 is 17.5 Å². The molecular formula is C25H28ClN5O4. The van der Waals surface area contributed by atoms with Gasteiger partial charge < -0.3 is 19.5 Å². The summed E-state index contributed by atoms with van der Waals surface area (Å²) in [5, 5.41) is 2.88. The average molecular weight is 498 g/mol. The number of morpholine rings is 1. The molecule has 2 atom stereocenters. The number of hydrogen-bond acceptors (Lipinski definition) is 8. The molecule has 2 aromatic heterocycles. The molecule has 0 bridgehead atoms. The number of hydrogen-bond donors (Lipinski definition) is 1. The Hall–Kier alpha value is -3.11. The molecule has 3 heterocycles. The zero-order chi connectivity index (χ0) is 24.8. The molecule has 35 heavy (non-hydrogen) atoms. The number of amides is 1. The van der Waals surface area contributed by atoms with Crippen LogP contribution in [-0.2, 0) is 16.0 Å². The number of carbonyl (C=O) groups is 1. The van der Waals surface area contributed by atoms with E-state index in [4.69, 9.17) is 25.8 Å². The fourth-order valence-electron chi connectivity index (χ4n) is 4.04. The predicted molar refractivity (Wildman–Crippen MR) is 131 cm³/mol. The molecule has 1 aliphatic rings. The van der Waals surface area contributed by atoms with Crippen LogP contribution in [0.5, 0.6) is 5.75 Å². The molecule has 0 spiro atoms. The number of rotatable bonds is 8.